The number of rotatable bonds is 4. The van der Waals surface area contributed by atoms with E-state index in [1.165, 1.54) is 55.7 Å². The van der Waals surface area contributed by atoms with Crippen LogP contribution in [0.4, 0.5) is 0 Å². The zero-order valence-corrected chi connectivity index (χ0v) is 20.6. The fraction of sp³-hybridized carbons (Fsp3) is 0.241. The monoisotopic (exact) mass is 408 g/mol. The molecule has 0 aliphatic heterocycles. The Labute approximate surface area is 184 Å². The number of hydrogen-bond donors (Lipinski definition) is 0. The lowest BCUT2D eigenvalue weighted by molar-refractivity contribution is 1.36. The molecule has 0 saturated carbocycles. The van der Waals surface area contributed by atoms with Gasteiger partial charge >= 0.3 is 0 Å². The second kappa shape index (κ2) is 8.24. The Morgan fingerprint density at radius 2 is 1.23 bits per heavy atom. The Bertz CT molecular complexity index is 1150. The first-order valence-electron chi connectivity index (χ1n) is 11.0. The molecule has 30 heavy (non-hydrogen) atoms. The first-order valence-corrected chi connectivity index (χ1v) is 12.4. The molecule has 1 aliphatic rings. The lowest BCUT2D eigenvalue weighted by Gasteiger charge is -2.18. The molecular formula is C29H32Si. The summed E-state index contributed by atoms with van der Waals surface area (Å²) in [6, 6.07) is 20.9. The molecule has 0 heterocycles. The number of hydrogen-bond acceptors (Lipinski definition) is 0. The minimum atomic E-state index is -0.530. The van der Waals surface area contributed by atoms with Gasteiger partial charge in [-0.05, 0) is 70.2 Å². The Morgan fingerprint density at radius 1 is 0.667 bits per heavy atom. The van der Waals surface area contributed by atoms with E-state index < -0.39 is 9.52 Å². The van der Waals surface area contributed by atoms with Crippen molar-refractivity contribution in [3.8, 4) is 22.3 Å². The van der Waals surface area contributed by atoms with Crippen molar-refractivity contribution >= 4 is 14.7 Å². The maximum absolute atomic E-state index is 2.40. The van der Waals surface area contributed by atoms with Gasteiger partial charge in [0.05, 0.1) is 9.52 Å². The van der Waals surface area contributed by atoms with Crippen molar-refractivity contribution in [2.24, 2.45) is 0 Å². The fourth-order valence-electron chi connectivity index (χ4n) is 4.87. The topological polar surface area (TPSA) is 0 Å². The summed E-state index contributed by atoms with van der Waals surface area (Å²) in [4.78, 5) is 0. The summed E-state index contributed by atoms with van der Waals surface area (Å²) < 4.78 is 0. The number of allylic oxidation sites excluding steroid dienone is 4. The van der Waals surface area contributed by atoms with Crippen molar-refractivity contribution < 1.29 is 0 Å². The third-order valence-electron chi connectivity index (χ3n) is 6.37. The van der Waals surface area contributed by atoms with Crippen molar-refractivity contribution in [3.05, 3.63) is 99.3 Å². The first-order chi connectivity index (χ1) is 14.3. The van der Waals surface area contributed by atoms with Crippen LogP contribution in [0.3, 0.4) is 0 Å². The van der Waals surface area contributed by atoms with Gasteiger partial charge in [-0.25, -0.2) is 0 Å². The van der Waals surface area contributed by atoms with Crippen LogP contribution < -0.4 is 5.19 Å². The molecule has 0 fully saturated rings. The summed E-state index contributed by atoms with van der Waals surface area (Å²) in [5, 5.41) is 3.25. The predicted molar refractivity (Wildman–Crippen MR) is 136 cm³/mol. The molecule has 0 nitrogen and oxygen atoms in total. The van der Waals surface area contributed by atoms with E-state index in [4.69, 9.17) is 0 Å². The third-order valence-corrected chi connectivity index (χ3v) is 8.59. The highest BCUT2D eigenvalue weighted by molar-refractivity contribution is 6.63. The van der Waals surface area contributed by atoms with Gasteiger partial charge in [0.15, 0.2) is 0 Å². The van der Waals surface area contributed by atoms with Crippen molar-refractivity contribution in [1.82, 2.24) is 0 Å². The average Bonchev–Trinajstić information content (AvgIpc) is 2.98. The Hall–Kier alpha value is -2.64. The maximum Gasteiger partial charge on any atom is 0.0840 e. The van der Waals surface area contributed by atoms with Gasteiger partial charge in [-0.3, -0.25) is 0 Å². The molecule has 0 atom stereocenters. The molecule has 0 aromatic heterocycles. The van der Waals surface area contributed by atoms with E-state index in [0.717, 1.165) is 6.42 Å². The van der Waals surface area contributed by atoms with Gasteiger partial charge < -0.3 is 0 Å². The molecule has 0 spiro atoms. The number of aryl methyl sites for hydroxylation is 4. The molecule has 0 saturated heterocycles. The van der Waals surface area contributed by atoms with Gasteiger partial charge in [0.2, 0.25) is 0 Å². The van der Waals surface area contributed by atoms with Crippen LogP contribution in [0.15, 0.2) is 77.0 Å². The van der Waals surface area contributed by atoms with Crippen LogP contribution in [0.5, 0.6) is 0 Å². The van der Waals surface area contributed by atoms with Crippen molar-refractivity contribution in [2.75, 3.05) is 0 Å². The minimum Gasteiger partial charge on any atom is -0.0777 e. The quantitative estimate of drug-likeness (QED) is 0.423. The normalized spacial score (nSPS) is 14.1. The Morgan fingerprint density at radius 3 is 1.77 bits per heavy atom. The van der Waals surface area contributed by atoms with Crippen LogP contribution in [0.25, 0.3) is 22.3 Å². The van der Waals surface area contributed by atoms with E-state index in [-0.39, 0.29) is 0 Å². The molecule has 4 rings (SSSR count). The molecule has 0 radical (unpaired) electrons. The predicted octanol–water partition coefficient (Wildman–Crippen LogP) is 6.67. The van der Waals surface area contributed by atoms with E-state index in [2.05, 4.69) is 102 Å². The van der Waals surface area contributed by atoms with Crippen LogP contribution in [0.1, 0.15) is 42.5 Å². The summed E-state index contributed by atoms with van der Waals surface area (Å²) in [6.45, 7) is 13.4. The first kappa shape index (κ1) is 20.6. The summed E-state index contributed by atoms with van der Waals surface area (Å²) >= 11 is 0. The van der Waals surface area contributed by atoms with E-state index in [1.54, 1.807) is 10.4 Å². The van der Waals surface area contributed by atoms with Gasteiger partial charge in [-0.15, -0.1) is 0 Å². The van der Waals surface area contributed by atoms with Gasteiger partial charge in [-0.2, -0.15) is 0 Å². The molecular weight excluding hydrogens is 376 g/mol. The van der Waals surface area contributed by atoms with Crippen LogP contribution in [0, 0.1) is 27.7 Å². The highest BCUT2D eigenvalue weighted by Gasteiger charge is 2.18. The van der Waals surface area contributed by atoms with Crippen molar-refractivity contribution in [2.45, 2.75) is 48.0 Å². The summed E-state index contributed by atoms with van der Waals surface area (Å²) in [5.74, 6) is 0. The maximum atomic E-state index is 2.40. The highest BCUT2D eigenvalue weighted by Crippen LogP contribution is 2.34. The van der Waals surface area contributed by atoms with E-state index in [1.807, 2.05) is 0 Å². The van der Waals surface area contributed by atoms with Gasteiger partial charge in [0.1, 0.15) is 0 Å². The van der Waals surface area contributed by atoms with Crippen LogP contribution in [-0.2, 0) is 0 Å². The summed E-state index contributed by atoms with van der Waals surface area (Å²) in [7, 11) is -0.530. The molecule has 1 aliphatic carbocycles. The Balaban J connectivity index is 1.95. The van der Waals surface area contributed by atoms with Gasteiger partial charge in [-0.1, -0.05) is 104 Å². The molecule has 0 unspecified atom stereocenters. The zero-order chi connectivity index (χ0) is 21.4. The minimum absolute atomic E-state index is 0.530. The van der Waals surface area contributed by atoms with Crippen molar-refractivity contribution in [3.63, 3.8) is 0 Å². The van der Waals surface area contributed by atoms with E-state index >= 15 is 0 Å². The molecule has 152 valence electrons. The average molecular weight is 409 g/mol. The molecule has 3 aromatic rings. The van der Waals surface area contributed by atoms with Gasteiger partial charge in [0.25, 0.3) is 0 Å². The summed E-state index contributed by atoms with van der Waals surface area (Å²) in [5.41, 5.74) is 13.9. The molecule has 0 N–H and O–H groups in total. The second-order valence-electron chi connectivity index (χ2n) is 9.09. The molecule has 0 amide bonds. The SMILES string of the molecule is CC1=CCC([SiH2]c2cccc(-c3cc(C)cc(C)c3)c2-c2cc(C)cc(C)c2)=C1C. The lowest BCUT2D eigenvalue weighted by Crippen LogP contribution is -2.20. The van der Waals surface area contributed by atoms with Gasteiger partial charge in [0, 0.05) is 0 Å². The molecule has 0 bridgehead atoms. The third kappa shape index (κ3) is 4.13. The zero-order valence-electron chi connectivity index (χ0n) is 19.2. The summed E-state index contributed by atoms with van der Waals surface area (Å²) in [6.07, 6.45) is 3.55. The van der Waals surface area contributed by atoms with Crippen LogP contribution in [0.2, 0.25) is 0 Å². The van der Waals surface area contributed by atoms with E-state index in [0.29, 0.717) is 0 Å². The van der Waals surface area contributed by atoms with E-state index in [9.17, 15) is 0 Å². The highest BCUT2D eigenvalue weighted by atomic mass is 28.2. The van der Waals surface area contributed by atoms with Crippen LogP contribution in [-0.4, -0.2) is 9.52 Å². The Kier molecular flexibility index (Phi) is 5.66. The fourth-order valence-corrected chi connectivity index (χ4v) is 6.99. The van der Waals surface area contributed by atoms with Crippen molar-refractivity contribution in [1.29, 1.82) is 0 Å². The number of benzene rings is 3. The molecule has 3 aromatic carbocycles. The second-order valence-corrected chi connectivity index (χ2v) is 11.1. The lowest BCUT2D eigenvalue weighted by atomic mass is 9.91. The smallest absolute Gasteiger partial charge is 0.0777 e. The van der Waals surface area contributed by atoms with Crippen LogP contribution >= 0.6 is 0 Å². The largest absolute Gasteiger partial charge is 0.0840 e. The standard InChI is InChI=1S/C29H32Si/c1-18-12-19(2)15-24(14-18)26-8-7-9-28(30-27-11-10-22(5)23(27)6)29(26)25-16-20(3)13-21(4)17-25/h7-10,12-17H,11,30H2,1-6H3. The molecule has 1 heteroatoms.